The Bertz CT molecular complexity index is 454. The van der Waals surface area contributed by atoms with E-state index in [1.165, 1.54) is 6.26 Å². The molecule has 0 amide bonds. The van der Waals surface area contributed by atoms with Crippen LogP contribution in [0.5, 0.6) is 0 Å². The highest BCUT2D eigenvalue weighted by Gasteiger charge is 2.06. The fourth-order valence-electron chi connectivity index (χ4n) is 1.68. The zero-order chi connectivity index (χ0) is 13.6. The van der Waals surface area contributed by atoms with Crippen molar-refractivity contribution >= 4 is 9.84 Å². The fourth-order valence-corrected chi connectivity index (χ4v) is 2.31. The highest BCUT2D eigenvalue weighted by molar-refractivity contribution is 7.90. The highest BCUT2D eigenvalue weighted by Crippen LogP contribution is 2.11. The van der Waals surface area contributed by atoms with Crippen LogP contribution >= 0.6 is 0 Å². The molecule has 0 aliphatic heterocycles. The molecule has 1 aromatic rings. The summed E-state index contributed by atoms with van der Waals surface area (Å²) < 4.78 is 22.6. The van der Waals surface area contributed by atoms with E-state index in [0.717, 1.165) is 31.7 Å². The van der Waals surface area contributed by atoms with E-state index in [1.807, 2.05) is 12.1 Å². The molecule has 0 fully saturated rings. The monoisotopic (exact) mass is 270 g/mol. The summed E-state index contributed by atoms with van der Waals surface area (Å²) in [4.78, 5) is 2.58. The molecule has 0 spiro atoms. The van der Waals surface area contributed by atoms with Crippen LogP contribution in [0.15, 0.2) is 29.2 Å². The number of hydrogen-bond donors (Lipinski definition) is 1. The molecular weight excluding hydrogens is 248 g/mol. The van der Waals surface area contributed by atoms with Crippen LogP contribution in [0.2, 0.25) is 0 Å². The fraction of sp³-hybridized carbons (Fsp3) is 0.538. The summed E-state index contributed by atoms with van der Waals surface area (Å²) in [7, 11) is -1.03. The van der Waals surface area contributed by atoms with Crippen molar-refractivity contribution < 1.29 is 8.42 Å². The predicted octanol–water partition coefficient (Wildman–Crippen LogP) is 1.13. The quantitative estimate of drug-likeness (QED) is 0.755. The molecule has 5 heteroatoms. The minimum absolute atomic E-state index is 0.376. The molecule has 0 aromatic heterocycles. The lowest BCUT2D eigenvalue weighted by atomic mass is 10.2. The molecule has 0 aliphatic carbocycles. The zero-order valence-corrected chi connectivity index (χ0v) is 12.1. The molecule has 1 N–H and O–H groups in total. The first kappa shape index (κ1) is 15.1. The Labute approximate surface area is 110 Å². The lowest BCUT2D eigenvalue weighted by Crippen LogP contribution is -2.28. The maximum atomic E-state index is 11.3. The van der Waals surface area contributed by atoms with Gasteiger partial charge in [0.1, 0.15) is 0 Å². The van der Waals surface area contributed by atoms with Gasteiger partial charge in [-0.05, 0) is 31.3 Å². The van der Waals surface area contributed by atoms with E-state index in [-0.39, 0.29) is 0 Å². The molecular formula is C13H22N2O2S. The van der Waals surface area contributed by atoms with Gasteiger partial charge in [0.25, 0.3) is 0 Å². The minimum Gasteiger partial charge on any atom is -0.316 e. The van der Waals surface area contributed by atoms with Crippen LogP contribution in [-0.4, -0.2) is 46.3 Å². The molecule has 18 heavy (non-hydrogen) atoms. The lowest BCUT2D eigenvalue weighted by molar-refractivity contribution is 0.325. The summed E-state index contributed by atoms with van der Waals surface area (Å²) in [6.07, 6.45) is 1.23. The standard InChI is InChI=1S/C13H22N2O2S/c1-4-14-9-10-15(2)11-12-5-7-13(8-6-12)18(3,16)17/h5-8,14H,4,9-11H2,1-3H3. The van der Waals surface area contributed by atoms with Crippen molar-refractivity contribution in [2.45, 2.75) is 18.4 Å². The van der Waals surface area contributed by atoms with Crippen LogP contribution in [0.4, 0.5) is 0 Å². The van der Waals surface area contributed by atoms with Crippen molar-refractivity contribution in [1.82, 2.24) is 10.2 Å². The molecule has 0 bridgehead atoms. The third-order valence-corrected chi connectivity index (χ3v) is 3.85. The van der Waals surface area contributed by atoms with Crippen molar-refractivity contribution in [3.8, 4) is 0 Å². The molecule has 1 aromatic carbocycles. The van der Waals surface area contributed by atoms with E-state index in [4.69, 9.17) is 0 Å². The van der Waals surface area contributed by atoms with Gasteiger partial charge in [-0.25, -0.2) is 8.42 Å². The maximum Gasteiger partial charge on any atom is 0.175 e. The van der Waals surface area contributed by atoms with Crippen molar-refractivity contribution in [2.75, 3.05) is 32.9 Å². The van der Waals surface area contributed by atoms with Gasteiger partial charge in [0, 0.05) is 25.9 Å². The molecule has 102 valence electrons. The van der Waals surface area contributed by atoms with E-state index < -0.39 is 9.84 Å². The summed E-state index contributed by atoms with van der Waals surface area (Å²) >= 11 is 0. The Morgan fingerprint density at radius 2 is 1.83 bits per heavy atom. The van der Waals surface area contributed by atoms with Gasteiger partial charge in [0.15, 0.2) is 9.84 Å². The molecule has 0 heterocycles. The molecule has 4 nitrogen and oxygen atoms in total. The van der Waals surface area contributed by atoms with Crippen LogP contribution in [0.1, 0.15) is 12.5 Å². The number of sulfone groups is 1. The van der Waals surface area contributed by atoms with Crippen LogP contribution < -0.4 is 5.32 Å². The van der Waals surface area contributed by atoms with Crippen LogP contribution in [0, 0.1) is 0 Å². The first-order valence-corrected chi connectivity index (χ1v) is 8.01. The average molecular weight is 270 g/mol. The summed E-state index contributed by atoms with van der Waals surface area (Å²) in [6, 6.07) is 7.09. The van der Waals surface area contributed by atoms with Gasteiger partial charge in [-0.3, -0.25) is 0 Å². The number of nitrogens with zero attached hydrogens (tertiary/aromatic N) is 1. The maximum absolute atomic E-state index is 11.3. The van der Waals surface area contributed by atoms with Crippen molar-refractivity contribution in [3.05, 3.63) is 29.8 Å². The number of benzene rings is 1. The summed E-state index contributed by atoms with van der Waals surface area (Å²) in [5.41, 5.74) is 1.13. The third-order valence-electron chi connectivity index (χ3n) is 2.72. The highest BCUT2D eigenvalue weighted by atomic mass is 32.2. The topological polar surface area (TPSA) is 49.4 Å². The van der Waals surface area contributed by atoms with Gasteiger partial charge in [0.05, 0.1) is 4.90 Å². The summed E-state index contributed by atoms with van der Waals surface area (Å²) in [5, 5.41) is 3.27. The Hall–Kier alpha value is -0.910. The second kappa shape index (κ2) is 6.87. The van der Waals surface area contributed by atoms with Gasteiger partial charge in [-0.15, -0.1) is 0 Å². The normalized spacial score (nSPS) is 12.0. The minimum atomic E-state index is -3.09. The molecule has 0 atom stereocenters. The van der Waals surface area contributed by atoms with Crippen LogP contribution in [0.3, 0.4) is 0 Å². The average Bonchev–Trinajstić information content (AvgIpc) is 2.29. The SMILES string of the molecule is CCNCCN(C)Cc1ccc(S(C)(=O)=O)cc1. The van der Waals surface area contributed by atoms with Gasteiger partial charge in [-0.1, -0.05) is 19.1 Å². The Morgan fingerprint density at radius 3 is 2.33 bits per heavy atom. The second-order valence-corrected chi connectivity index (χ2v) is 6.52. The van der Waals surface area contributed by atoms with E-state index in [2.05, 4.69) is 24.2 Å². The number of hydrogen-bond acceptors (Lipinski definition) is 4. The number of likely N-dealkylation sites (N-methyl/N-ethyl adjacent to an activating group) is 2. The van der Waals surface area contributed by atoms with Crippen LogP contribution in [-0.2, 0) is 16.4 Å². The molecule has 0 unspecified atom stereocenters. The molecule has 1 rings (SSSR count). The number of nitrogens with one attached hydrogen (secondary N) is 1. The van der Waals surface area contributed by atoms with E-state index >= 15 is 0 Å². The Balaban J connectivity index is 2.53. The zero-order valence-electron chi connectivity index (χ0n) is 11.3. The molecule has 0 radical (unpaired) electrons. The molecule has 0 aliphatic rings. The largest absolute Gasteiger partial charge is 0.316 e. The number of rotatable bonds is 7. The Morgan fingerprint density at radius 1 is 1.22 bits per heavy atom. The smallest absolute Gasteiger partial charge is 0.175 e. The third kappa shape index (κ3) is 5.16. The van der Waals surface area contributed by atoms with Crippen molar-refractivity contribution in [3.63, 3.8) is 0 Å². The summed E-state index contributed by atoms with van der Waals surface area (Å²) in [6.45, 7) is 5.84. The van der Waals surface area contributed by atoms with Gasteiger partial charge >= 0.3 is 0 Å². The predicted molar refractivity (Wildman–Crippen MR) is 74.4 cm³/mol. The van der Waals surface area contributed by atoms with E-state index in [1.54, 1.807) is 12.1 Å². The van der Waals surface area contributed by atoms with Gasteiger partial charge < -0.3 is 10.2 Å². The summed E-state index contributed by atoms with van der Waals surface area (Å²) in [5.74, 6) is 0. The molecule has 0 saturated heterocycles. The van der Waals surface area contributed by atoms with E-state index in [9.17, 15) is 8.42 Å². The van der Waals surface area contributed by atoms with Gasteiger partial charge in [0.2, 0.25) is 0 Å². The van der Waals surface area contributed by atoms with Crippen molar-refractivity contribution in [1.29, 1.82) is 0 Å². The lowest BCUT2D eigenvalue weighted by Gasteiger charge is -2.16. The second-order valence-electron chi connectivity index (χ2n) is 4.51. The van der Waals surface area contributed by atoms with E-state index in [0.29, 0.717) is 4.90 Å². The first-order valence-electron chi connectivity index (χ1n) is 6.11. The van der Waals surface area contributed by atoms with Crippen LogP contribution in [0.25, 0.3) is 0 Å². The first-order chi connectivity index (χ1) is 8.43. The Kier molecular flexibility index (Phi) is 5.78. The van der Waals surface area contributed by atoms with Gasteiger partial charge in [-0.2, -0.15) is 0 Å². The van der Waals surface area contributed by atoms with Crippen molar-refractivity contribution in [2.24, 2.45) is 0 Å². The molecule has 0 saturated carbocycles.